The summed E-state index contributed by atoms with van der Waals surface area (Å²) in [4.78, 5) is 9.14. The van der Waals surface area contributed by atoms with Crippen LogP contribution in [0.25, 0.3) is 65.8 Å². The monoisotopic (exact) mass is 602 g/mol. The molecule has 0 saturated carbocycles. The van der Waals surface area contributed by atoms with E-state index in [9.17, 15) is 0 Å². The van der Waals surface area contributed by atoms with E-state index in [1.54, 1.807) is 6.20 Å². The van der Waals surface area contributed by atoms with E-state index in [0.29, 0.717) is 0 Å². The van der Waals surface area contributed by atoms with Crippen LogP contribution in [0.2, 0.25) is 0 Å². The summed E-state index contributed by atoms with van der Waals surface area (Å²) in [6.07, 6.45) is 10.2. The van der Waals surface area contributed by atoms with Crippen LogP contribution in [0, 0.1) is 0 Å². The van der Waals surface area contributed by atoms with Gasteiger partial charge < -0.3 is 0 Å². The van der Waals surface area contributed by atoms with Gasteiger partial charge in [0.15, 0.2) is 0 Å². The van der Waals surface area contributed by atoms with E-state index in [1.165, 1.54) is 64.7 Å². The van der Waals surface area contributed by atoms with Crippen LogP contribution in [0.4, 0.5) is 0 Å². The van der Waals surface area contributed by atoms with Crippen LogP contribution in [-0.2, 0) is 5.41 Å². The number of aromatic nitrogens is 2. The average molecular weight is 603 g/mol. The Morgan fingerprint density at radius 3 is 2.15 bits per heavy atom. The fraction of sp³-hybridized carbons (Fsp3) is 0.0233. The lowest BCUT2D eigenvalue weighted by molar-refractivity contribution is 0.768. The first kappa shape index (κ1) is 25.7. The maximum atomic E-state index is 4.86. The van der Waals surface area contributed by atoms with Gasteiger partial charge in [0.2, 0.25) is 0 Å². The highest BCUT2D eigenvalue weighted by Gasteiger charge is 2.48. The summed E-state index contributed by atoms with van der Waals surface area (Å²) in [6.45, 7) is 0. The van der Waals surface area contributed by atoms with Gasteiger partial charge >= 0.3 is 0 Å². The van der Waals surface area contributed by atoms with Gasteiger partial charge in [0.25, 0.3) is 0 Å². The number of hydrogen-bond donors (Lipinski definition) is 0. The van der Waals surface area contributed by atoms with Gasteiger partial charge in [-0.1, -0.05) is 97.1 Å². The number of rotatable bonds is 2. The van der Waals surface area contributed by atoms with Crippen molar-refractivity contribution in [3.05, 3.63) is 179 Å². The molecule has 1 unspecified atom stereocenters. The molecule has 10 rings (SSSR count). The molecule has 1 spiro atoms. The van der Waals surface area contributed by atoms with Gasteiger partial charge in [0, 0.05) is 49.9 Å². The van der Waals surface area contributed by atoms with Crippen LogP contribution < -0.4 is 0 Å². The molecule has 5 aromatic carbocycles. The standard InChI is InChI=1S/C43H26N2S/c1-4-12-36-27(8-1)15-16-28-17-18-29(30-19-20-40(45-26-30)31-9-7-21-44-25-31)22-38(28)43(36)37-13-5-2-10-32(37)34-23-35-33-11-3-6-14-41(33)46-42(35)24-39(34)43/h1-26H. The van der Waals surface area contributed by atoms with Gasteiger partial charge in [-0.05, 0) is 92.5 Å². The SMILES string of the molecule is C1=Cc2ccc(-c3ccc(-c4cccnc4)nc3)cc2C2(c3ccccc31)c1ccccc1-c1cc3c(cc12)sc1ccccc13. The second-order valence-corrected chi connectivity index (χ2v) is 13.3. The first-order valence-corrected chi connectivity index (χ1v) is 16.5. The molecule has 0 bridgehead atoms. The third kappa shape index (κ3) is 3.52. The Balaban J connectivity index is 1.27. The lowest BCUT2D eigenvalue weighted by atomic mass is 9.65. The van der Waals surface area contributed by atoms with Crippen LogP contribution in [-0.4, -0.2) is 9.97 Å². The minimum absolute atomic E-state index is 0.481. The Morgan fingerprint density at radius 1 is 0.478 bits per heavy atom. The third-order valence-corrected chi connectivity index (χ3v) is 11.0. The fourth-order valence-electron chi connectivity index (χ4n) is 7.84. The number of nitrogens with zero attached hydrogens (tertiary/aromatic N) is 2. The summed E-state index contributed by atoms with van der Waals surface area (Å²) in [5, 5.41) is 2.66. The number of thiophene rings is 1. The van der Waals surface area contributed by atoms with Crippen molar-refractivity contribution in [2.75, 3.05) is 0 Å². The van der Waals surface area contributed by atoms with E-state index in [0.717, 1.165) is 22.4 Å². The van der Waals surface area contributed by atoms with E-state index in [4.69, 9.17) is 4.98 Å². The van der Waals surface area contributed by atoms with Gasteiger partial charge in [-0.25, -0.2) is 0 Å². The molecule has 3 aromatic heterocycles. The zero-order chi connectivity index (χ0) is 30.2. The molecule has 0 aliphatic heterocycles. The van der Waals surface area contributed by atoms with E-state index in [1.807, 2.05) is 35.9 Å². The van der Waals surface area contributed by atoms with Crippen LogP contribution in [0.3, 0.4) is 0 Å². The van der Waals surface area contributed by atoms with Crippen molar-refractivity contribution in [2.24, 2.45) is 0 Å². The predicted molar refractivity (Wildman–Crippen MR) is 192 cm³/mol. The van der Waals surface area contributed by atoms with Crippen molar-refractivity contribution in [3.8, 4) is 33.5 Å². The number of benzene rings is 5. The average Bonchev–Trinajstić information content (AvgIpc) is 3.58. The first-order chi connectivity index (χ1) is 22.8. The molecule has 2 aliphatic rings. The highest BCUT2D eigenvalue weighted by molar-refractivity contribution is 7.25. The normalized spacial score (nSPS) is 15.8. The smallest absolute Gasteiger partial charge is 0.0725 e. The van der Waals surface area contributed by atoms with Gasteiger partial charge in [-0.2, -0.15) is 0 Å². The van der Waals surface area contributed by atoms with Crippen LogP contribution >= 0.6 is 11.3 Å². The maximum Gasteiger partial charge on any atom is 0.0725 e. The lowest BCUT2D eigenvalue weighted by Gasteiger charge is -2.35. The molecule has 214 valence electrons. The summed E-state index contributed by atoms with van der Waals surface area (Å²) in [7, 11) is 0. The molecular formula is C43H26N2S. The molecular weight excluding hydrogens is 577 g/mol. The highest BCUT2D eigenvalue weighted by Crippen LogP contribution is 2.60. The van der Waals surface area contributed by atoms with Gasteiger partial charge in [0.1, 0.15) is 0 Å². The number of pyridine rings is 2. The van der Waals surface area contributed by atoms with Crippen LogP contribution in [0.5, 0.6) is 0 Å². The molecule has 1 atom stereocenters. The Labute approximate surface area is 271 Å². The molecule has 0 saturated heterocycles. The molecule has 0 amide bonds. The van der Waals surface area contributed by atoms with E-state index in [2.05, 4.69) is 132 Å². The second kappa shape index (κ2) is 9.68. The minimum atomic E-state index is -0.481. The Hall–Kier alpha value is -5.64. The summed E-state index contributed by atoms with van der Waals surface area (Å²) >= 11 is 1.89. The Bertz CT molecular complexity index is 2520. The fourth-order valence-corrected chi connectivity index (χ4v) is 8.97. The summed E-state index contributed by atoms with van der Waals surface area (Å²) < 4.78 is 2.66. The summed E-state index contributed by atoms with van der Waals surface area (Å²) in [5.41, 5.74) is 14.1. The maximum absolute atomic E-state index is 4.86. The van der Waals surface area contributed by atoms with Crippen LogP contribution in [0.15, 0.2) is 146 Å². The van der Waals surface area contributed by atoms with Gasteiger partial charge in [0.05, 0.1) is 11.1 Å². The Morgan fingerprint density at radius 2 is 1.28 bits per heavy atom. The lowest BCUT2D eigenvalue weighted by Crippen LogP contribution is -2.30. The molecule has 46 heavy (non-hydrogen) atoms. The quantitative estimate of drug-likeness (QED) is 0.197. The largest absolute Gasteiger partial charge is 0.264 e. The molecule has 0 radical (unpaired) electrons. The summed E-state index contributed by atoms with van der Waals surface area (Å²) in [5.74, 6) is 0. The molecule has 2 nitrogen and oxygen atoms in total. The van der Waals surface area contributed by atoms with Crippen molar-refractivity contribution in [1.29, 1.82) is 0 Å². The zero-order valence-corrected chi connectivity index (χ0v) is 25.6. The molecule has 2 aliphatic carbocycles. The second-order valence-electron chi connectivity index (χ2n) is 12.2. The number of hydrogen-bond acceptors (Lipinski definition) is 3. The van der Waals surface area contributed by atoms with Crippen molar-refractivity contribution in [2.45, 2.75) is 5.41 Å². The third-order valence-electron chi connectivity index (χ3n) is 9.86. The van der Waals surface area contributed by atoms with Gasteiger partial charge in [-0.15, -0.1) is 11.3 Å². The highest BCUT2D eigenvalue weighted by atomic mass is 32.1. The topological polar surface area (TPSA) is 25.8 Å². The molecule has 3 heterocycles. The van der Waals surface area contributed by atoms with Crippen molar-refractivity contribution >= 4 is 43.7 Å². The van der Waals surface area contributed by atoms with E-state index >= 15 is 0 Å². The molecule has 8 aromatic rings. The minimum Gasteiger partial charge on any atom is -0.264 e. The van der Waals surface area contributed by atoms with Crippen LogP contribution in [0.1, 0.15) is 33.4 Å². The first-order valence-electron chi connectivity index (χ1n) is 15.6. The van der Waals surface area contributed by atoms with Gasteiger partial charge in [-0.3, -0.25) is 9.97 Å². The van der Waals surface area contributed by atoms with Crippen molar-refractivity contribution in [3.63, 3.8) is 0 Å². The summed E-state index contributed by atoms with van der Waals surface area (Å²) in [6, 6.07) is 47.0. The van der Waals surface area contributed by atoms with E-state index in [-0.39, 0.29) is 0 Å². The van der Waals surface area contributed by atoms with Crippen molar-refractivity contribution in [1.82, 2.24) is 9.97 Å². The number of fused-ring (bicyclic) bond motifs is 12. The predicted octanol–water partition coefficient (Wildman–Crippen LogP) is 11.0. The zero-order valence-electron chi connectivity index (χ0n) is 24.8. The Kier molecular flexibility index (Phi) is 5.40. The van der Waals surface area contributed by atoms with Crippen molar-refractivity contribution < 1.29 is 0 Å². The molecule has 0 fully saturated rings. The molecule has 0 N–H and O–H groups in total. The van der Waals surface area contributed by atoms with E-state index < -0.39 is 5.41 Å². The molecule has 3 heteroatoms.